The van der Waals surface area contributed by atoms with Crippen molar-refractivity contribution in [1.29, 1.82) is 0 Å². The van der Waals surface area contributed by atoms with E-state index in [2.05, 4.69) is 10.1 Å². The number of hydrogen-bond acceptors (Lipinski definition) is 4. The molecule has 2 heterocycles. The van der Waals surface area contributed by atoms with Crippen LogP contribution in [-0.4, -0.2) is 27.7 Å². The molecule has 0 aliphatic rings. The summed E-state index contributed by atoms with van der Waals surface area (Å²) in [6, 6.07) is 1.75. The van der Waals surface area contributed by atoms with Gasteiger partial charge >= 0.3 is 0 Å². The minimum absolute atomic E-state index is 0.0629. The van der Waals surface area contributed by atoms with Crippen LogP contribution in [0.5, 0.6) is 5.75 Å². The van der Waals surface area contributed by atoms with E-state index in [1.165, 1.54) is 0 Å². The normalized spacial score (nSPS) is 10.6. The van der Waals surface area contributed by atoms with Gasteiger partial charge in [0.15, 0.2) is 11.4 Å². The lowest BCUT2D eigenvalue weighted by molar-refractivity contribution is 0.102. The van der Waals surface area contributed by atoms with Crippen LogP contribution in [0.4, 0.5) is 0 Å². The molecular weight excluding hydrogens is 254 g/mol. The first kappa shape index (κ1) is 14.2. The van der Waals surface area contributed by atoms with E-state index in [0.717, 1.165) is 18.4 Å². The Kier molecular flexibility index (Phi) is 4.50. The van der Waals surface area contributed by atoms with Crippen molar-refractivity contribution in [2.45, 2.75) is 33.2 Å². The summed E-state index contributed by atoms with van der Waals surface area (Å²) in [6.45, 7) is 4.75. The first-order valence-corrected chi connectivity index (χ1v) is 6.80. The molecule has 0 bridgehead atoms. The standard InChI is InChI=1S/C15H19N3O2/c1-4-8-18-14(13(20-3)10-17-18)15(19)12-6-7-16-9-11(12)5-2/h6-7,9-10H,4-5,8H2,1-3H3. The van der Waals surface area contributed by atoms with Crippen LogP contribution < -0.4 is 4.74 Å². The summed E-state index contributed by atoms with van der Waals surface area (Å²) in [5.74, 6) is 0.453. The van der Waals surface area contributed by atoms with Gasteiger partial charge in [-0.2, -0.15) is 5.10 Å². The number of aromatic nitrogens is 3. The summed E-state index contributed by atoms with van der Waals surface area (Å²) >= 11 is 0. The molecule has 0 saturated carbocycles. The number of ketones is 1. The van der Waals surface area contributed by atoms with Crippen LogP contribution in [0.3, 0.4) is 0 Å². The zero-order chi connectivity index (χ0) is 14.5. The lowest BCUT2D eigenvalue weighted by Crippen LogP contribution is -2.14. The predicted molar refractivity (Wildman–Crippen MR) is 76.1 cm³/mol. The first-order chi connectivity index (χ1) is 9.72. The van der Waals surface area contributed by atoms with Gasteiger partial charge in [-0.1, -0.05) is 13.8 Å². The van der Waals surface area contributed by atoms with Gasteiger partial charge in [0.25, 0.3) is 0 Å². The van der Waals surface area contributed by atoms with Crippen molar-refractivity contribution < 1.29 is 9.53 Å². The number of aryl methyl sites for hydroxylation is 2. The molecule has 0 fully saturated rings. The monoisotopic (exact) mass is 273 g/mol. The molecular formula is C15H19N3O2. The van der Waals surface area contributed by atoms with E-state index < -0.39 is 0 Å². The van der Waals surface area contributed by atoms with Crippen molar-refractivity contribution in [3.8, 4) is 5.75 Å². The molecule has 0 atom stereocenters. The van der Waals surface area contributed by atoms with Crippen molar-refractivity contribution in [2.75, 3.05) is 7.11 Å². The Bertz CT molecular complexity index is 605. The molecule has 0 aromatic carbocycles. The number of ether oxygens (including phenoxy) is 1. The van der Waals surface area contributed by atoms with Crippen LogP contribution in [0, 0.1) is 0 Å². The molecule has 5 heteroatoms. The lowest BCUT2D eigenvalue weighted by Gasteiger charge is -2.10. The number of hydrogen-bond donors (Lipinski definition) is 0. The number of carbonyl (C=O) groups is 1. The van der Waals surface area contributed by atoms with E-state index in [0.29, 0.717) is 23.6 Å². The van der Waals surface area contributed by atoms with Gasteiger partial charge in [-0.25, -0.2) is 0 Å². The largest absolute Gasteiger partial charge is 0.493 e. The second-order valence-corrected chi connectivity index (χ2v) is 4.50. The van der Waals surface area contributed by atoms with Gasteiger partial charge in [0.05, 0.1) is 13.3 Å². The van der Waals surface area contributed by atoms with Gasteiger partial charge in [-0.05, 0) is 24.5 Å². The SMILES string of the molecule is CCCn1ncc(OC)c1C(=O)c1ccncc1CC. The Morgan fingerprint density at radius 3 is 2.80 bits per heavy atom. The van der Waals surface area contributed by atoms with Crippen LogP contribution in [0.1, 0.15) is 41.9 Å². The molecule has 5 nitrogen and oxygen atoms in total. The summed E-state index contributed by atoms with van der Waals surface area (Å²) in [4.78, 5) is 16.9. The van der Waals surface area contributed by atoms with Crippen LogP contribution in [-0.2, 0) is 13.0 Å². The van der Waals surface area contributed by atoms with Crippen LogP contribution in [0.25, 0.3) is 0 Å². The summed E-state index contributed by atoms with van der Waals surface area (Å²) in [6.07, 6.45) is 6.64. The molecule has 0 N–H and O–H groups in total. The summed E-state index contributed by atoms with van der Waals surface area (Å²) in [5.41, 5.74) is 2.11. The van der Waals surface area contributed by atoms with E-state index >= 15 is 0 Å². The maximum Gasteiger partial charge on any atom is 0.215 e. The van der Waals surface area contributed by atoms with Gasteiger partial charge in [-0.15, -0.1) is 0 Å². The molecule has 0 unspecified atom stereocenters. The van der Waals surface area contributed by atoms with Gasteiger partial charge < -0.3 is 4.74 Å². The first-order valence-electron chi connectivity index (χ1n) is 6.80. The average Bonchev–Trinajstić information content (AvgIpc) is 2.89. The molecule has 2 aromatic rings. The van der Waals surface area contributed by atoms with E-state index in [1.807, 2.05) is 13.8 Å². The van der Waals surface area contributed by atoms with Crippen molar-refractivity contribution >= 4 is 5.78 Å². The quantitative estimate of drug-likeness (QED) is 0.759. The third-order valence-corrected chi connectivity index (χ3v) is 3.21. The van der Waals surface area contributed by atoms with Gasteiger partial charge in [0.1, 0.15) is 0 Å². The Hall–Kier alpha value is -2.17. The molecule has 2 aromatic heterocycles. The van der Waals surface area contributed by atoms with Crippen molar-refractivity contribution in [2.24, 2.45) is 0 Å². The molecule has 2 rings (SSSR count). The average molecular weight is 273 g/mol. The number of carbonyl (C=O) groups excluding carboxylic acids is 1. The van der Waals surface area contributed by atoms with Crippen LogP contribution >= 0.6 is 0 Å². The number of pyridine rings is 1. The minimum Gasteiger partial charge on any atom is -0.493 e. The molecule has 0 aliphatic heterocycles. The Morgan fingerprint density at radius 2 is 2.15 bits per heavy atom. The third-order valence-electron chi connectivity index (χ3n) is 3.21. The van der Waals surface area contributed by atoms with Gasteiger partial charge in [-0.3, -0.25) is 14.5 Å². The fourth-order valence-corrected chi connectivity index (χ4v) is 2.19. The van der Waals surface area contributed by atoms with E-state index in [4.69, 9.17) is 4.74 Å². The molecule has 106 valence electrons. The Morgan fingerprint density at radius 1 is 1.35 bits per heavy atom. The van der Waals surface area contributed by atoms with Crippen LogP contribution in [0.2, 0.25) is 0 Å². The maximum absolute atomic E-state index is 12.8. The number of nitrogens with zero attached hydrogens (tertiary/aromatic N) is 3. The number of rotatable bonds is 6. The molecule has 0 radical (unpaired) electrons. The summed E-state index contributed by atoms with van der Waals surface area (Å²) in [7, 11) is 1.55. The fourth-order valence-electron chi connectivity index (χ4n) is 2.19. The lowest BCUT2D eigenvalue weighted by atomic mass is 10.0. The Labute approximate surface area is 118 Å². The highest BCUT2D eigenvalue weighted by Crippen LogP contribution is 2.23. The highest BCUT2D eigenvalue weighted by molar-refractivity contribution is 6.10. The van der Waals surface area contributed by atoms with Crippen molar-refractivity contribution in [3.05, 3.63) is 41.5 Å². The predicted octanol–water partition coefficient (Wildman–Crippen LogP) is 2.49. The second kappa shape index (κ2) is 6.32. The van der Waals surface area contributed by atoms with Crippen molar-refractivity contribution in [3.63, 3.8) is 0 Å². The van der Waals surface area contributed by atoms with Crippen LogP contribution in [0.15, 0.2) is 24.7 Å². The van der Waals surface area contributed by atoms with E-state index in [9.17, 15) is 4.79 Å². The molecule has 0 saturated heterocycles. The smallest absolute Gasteiger partial charge is 0.215 e. The molecule has 0 spiro atoms. The summed E-state index contributed by atoms with van der Waals surface area (Å²) in [5, 5.41) is 4.23. The summed E-state index contributed by atoms with van der Waals surface area (Å²) < 4.78 is 6.98. The van der Waals surface area contributed by atoms with Gasteiger partial charge in [0, 0.05) is 24.5 Å². The third kappa shape index (κ3) is 2.57. The van der Waals surface area contributed by atoms with Crippen molar-refractivity contribution in [1.82, 2.24) is 14.8 Å². The van der Waals surface area contributed by atoms with E-state index in [-0.39, 0.29) is 5.78 Å². The second-order valence-electron chi connectivity index (χ2n) is 4.50. The minimum atomic E-state index is -0.0629. The zero-order valence-electron chi connectivity index (χ0n) is 12.1. The molecule has 0 aliphatic carbocycles. The highest BCUT2D eigenvalue weighted by Gasteiger charge is 2.22. The molecule has 20 heavy (non-hydrogen) atoms. The topological polar surface area (TPSA) is 57.0 Å². The number of methoxy groups -OCH3 is 1. The molecule has 0 amide bonds. The maximum atomic E-state index is 12.8. The Balaban J connectivity index is 2.49. The fraction of sp³-hybridized carbons (Fsp3) is 0.400. The zero-order valence-corrected chi connectivity index (χ0v) is 12.1. The van der Waals surface area contributed by atoms with Gasteiger partial charge in [0.2, 0.25) is 5.78 Å². The highest BCUT2D eigenvalue weighted by atomic mass is 16.5. The van der Waals surface area contributed by atoms with E-state index in [1.54, 1.807) is 36.4 Å².